The number of aryl methyl sites for hydroxylation is 1. The summed E-state index contributed by atoms with van der Waals surface area (Å²) in [7, 11) is 4.09. The van der Waals surface area contributed by atoms with Crippen LogP contribution in [-0.4, -0.2) is 48.6 Å². The number of likely N-dealkylation sites (tertiary alicyclic amines) is 1. The molecule has 1 saturated heterocycles. The molecule has 0 aromatic carbocycles. The Hall–Kier alpha value is -1.36. The van der Waals surface area contributed by atoms with Crippen molar-refractivity contribution < 1.29 is 0 Å². The van der Waals surface area contributed by atoms with Crippen molar-refractivity contribution in [1.82, 2.24) is 14.9 Å². The Bertz CT molecular complexity index is 377. The van der Waals surface area contributed by atoms with Gasteiger partial charge in [0, 0.05) is 26.1 Å². The highest BCUT2D eigenvalue weighted by Crippen LogP contribution is 2.17. The highest BCUT2D eigenvalue weighted by atomic mass is 15.1. The summed E-state index contributed by atoms with van der Waals surface area (Å²) in [6.07, 6.45) is 3.40. The smallest absolute Gasteiger partial charge is 0.132 e. The van der Waals surface area contributed by atoms with E-state index in [4.69, 9.17) is 0 Å². The van der Waals surface area contributed by atoms with Crippen LogP contribution in [0.5, 0.6) is 0 Å². The lowest BCUT2D eigenvalue weighted by Crippen LogP contribution is -2.33. The highest BCUT2D eigenvalue weighted by Gasteiger charge is 2.16. The van der Waals surface area contributed by atoms with Gasteiger partial charge in [-0.15, -0.1) is 0 Å². The molecular weight excluding hydrogens is 238 g/mol. The third-order valence-electron chi connectivity index (χ3n) is 3.75. The number of hydrogen-bond donors (Lipinski definition) is 2. The maximum Gasteiger partial charge on any atom is 0.132 e. The van der Waals surface area contributed by atoms with Gasteiger partial charge in [0.25, 0.3) is 0 Å². The molecule has 0 radical (unpaired) electrons. The van der Waals surface area contributed by atoms with Gasteiger partial charge >= 0.3 is 0 Å². The molecule has 106 valence electrons. The first kappa shape index (κ1) is 14.1. The Morgan fingerprint density at radius 2 is 1.95 bits per heavy atom. The zero-order chi connectivity index (χ0) is 13.7. The maximum absolute atomic E-state index is 4.53. The molecule has 0 atom stereocenters. The minimum atomic E-state index is 0.759. The van der Waals surface area contributed by atoms with Crippen LogP contribution in [0.1, 0.15) is 25.6 Å². The third-order valence-corrected chi connectivity index (χ3v) is 3.75. The monoisotopic (exact) mass is 263 g/mol. The maximum atomic E-state index is 4.53. The van der Waals surface area contributed by atoms with Crippen molar-refractivity contribution in [3.8, 4) is 0 Å². The number of anilines is 2. The minimum absolute atomic E-state index is 0.759. The van der Waals surface area contributed by atoms with Crippen molar-refractivity contribution in [3.63, 3.8) is 0 Å². The van der Waals surface area contributed by atoms with E-state index in [-0.39, 0.29) is 0 Å². The topological polar surface area (TPSA) is 53.1 Å². The van der Waals surface area contributed by atoms with E-state index >= 15 is 0 Å². The fourth-order valence-corrected chi connectivity index (χ4v) is 2.39. The van der Waals surface area contributed by atoms with Crippen molar-refractivity contribution in [3.05, 3.63) is 11.9 Å². The number of nitrogens with zero attached hydrogens (tertiary/aromatic N) is 3. The van der Waals surface area contributed by atoms with Gasteiger partial charge in [-0.3, -0.25) is 0 Å². The van der Waals surface area contributed by atoms with Crippen LogP contribution in [0.4, 0.5) is 11.6 Å². The first-order chi connectivity index (χ1) is 9.21. The Labute approximate surface area is 115 Å². The summed E-state index contributed by atoms with van der Waals surface area (Å²) in [4.78, 5) is 11.3. The van der Waals surface area contributed by atoms with Gasteiger partial charge < -0.3 is 15.5 Å². The van der Waals surface area contributed by atoms with E-state index in [1.165, 1.54) is 25.9 Å². The normalized spacial score (nSPS) is 17.4. The SMILES string of the molecule is CCc1nc(NC)cc(NCC2CCN(C)CC2)n1. The number of rotatable bonds is 5. The number of aromatic nitrogens is 2. The fourth-order valence-electron chi connectivity index (χ4n) is 2.39. The third kappa shape index (κ3) is 4.06. The average molecular weight is 263 g/mol. The molecule has 2 rings (SSSR count). The van der Waals surface area contributed by atoms with E-state index in [0.717, 1.165) is 36.3 Å². The molecule has 1 aromatic heterocycles. The standard InChI is InChI=1S/C14H25N5/c1-4-12-17-13(15-2)9-14(18-12)16-10-11-5-7-19(3)8-6-11/h9,11H,4-8,10H2,1-3H3,(H2,15,16,17,18). The van der Waals surface area contributed by atoms with Crippen molar-refractivity contribution >= 4 is 11.6 Å². The quantitative estimate of drug-likeness (QED) is 0.849. The lowest BCUT2D eigenvalue weighted by Gasteiger charge is -2.29. The predicted octanol–water partition coefficient (Wildman–Crippen LogP) is 1.83. The number of nitrogens with one attached hydrogen (secondary N) is 2. The first-order valence-corrected chi connectivity index (χ1v) is 7.19. The van der Waals surface area contributed by atoms with Gasteiger partial charge in [0.15, 0.2) is 0 Å². The summed E-state index contributed by atoms with van der Waals surface area (Å²) < 4.78 is 0. The highest BCUT2D eigenvalue weighted by molar-refractivity contribution is 5.47. The van der Waals surface area contributed by atoms with Crippen LogP contribution in [-0.2, 0) is 6.42 Å². The fraction of sp³-hybridized carbons (Fsp3) is 0.714. The molecule has 2 N–H and O–H groups in total. The van der Waals surface area contributed by atoms with Crippen molar-refractivity contribution in [2.75, 3.05) is 44.4 Å². The molecule has 5 nitrogen and oxygen atoms in total. The van der Waals surface area contributed by atoms with E-state index in [1.807, 2.05) is 13.1 Å². The molecule has 1 fully saturated rings. The molecule has 1 aromatic rings. The molecule has 0 aliphatic carbocycles. The van der Waals surface area contributed by atoms with Crippen molar-refractivity contribution in [2.24, 2.45) is 5.92 Å². The van der Waals surface area contributed by atoms with Crippen LogP contribution in [0.2, 0.25) is 0 Å². The van der Waals surface area contributed by atoms with Gasteiger partial charge in [0.1, 0.15) is 17.5 Å². The lowest BCUT2D eigenvalue weighted by molar-refractivity contribution is 0.226. The molecule has 0 bridgehead atoms. The second-order valence-corrected chi connectivity index (χ2v) is 5.29. The van der Waals surface area contributed by atoms with Crippen LogP contribution in [0.25, 0.3) is 0 Å². The molecule has 1 aliphatic rings. The average Bonchev–Trinajstić information content (AvgIpc) is 2.46. The van der Waals surface area contributed by atoms with Gasteiger partial charge in [-0.1, -0.05) is 6.92 Å². The van der Waals surface area contributed by atoms with E-state index < -0.39 is 0 Å². The molecule has 0 amide bonds. The summed E-state index contributed by atoms with van der Waals surface area (Å²) in [5, 5.41) is 6.56. The first-order valence-electron chi connectivity index (χ1n) is 7.19. The summed E-state index contributed by atoms with van der Waals surface area (Å²) in [5.74, 6) is 3.47. The Kier molecular flexibility index (Phi) is 4.96. The lowest BCUT2D eigenvalue weighted by atomic mass is 9.97. The summed E-state index contributed by atoms with van der Waals surface area (Å²) in [5.41, 5.74) is 0. The Balaban J connectivity index is 1.91. The zero-order valence-electron chi connectivity index (χ0n) is 12.2. The van der Waals surface area contributed by atoms with Gasteiger partial charge in [-0.25, -0.2) is 9.97 Å². The van der Waals surface area contributed by atoms with E-state index in [2.05, 4.69) is 39.5 Å². The van der Waals surface area contributed by atoms with E-state index in [0.29, 0.717) is 0 Å². The molecule has 19 heavy (non-hydrogen) atoms. The van der Waals surface area contributed by atoms with Crippen molar-refractivity contribution in [1.29, 1.82) is 0 Å². The van der Waals surface area contributed by atoms with Crippen LogP contribution < -0.4 is 10.6 Å². The molecule has 0 saturated carbocycles. The molecule has 0 unspecified atom stereocenters. The van der Waals surface area contributed by atoms with Crippen LogP contribution in [0, 0.1) is 5.92 Å². The van der Waals surface area contributed by atoms with Gasteiger partial charge in [-0.2, -0.15) is 0 Å². The Morgan fingerprint density at radius 1 is 1.26 bits per heavy atom. The van der Waals surface area contributed by atoms with Crippen LogP contribution in [0.3, 0.4) is 0 Å². The minimum Gasteiger partial charge on any atom is -0.373 e. The second-order valence-electron chi connectivity index (χ2n) is 5.29. The predicted molar refractivity (Wildman–Crippen MR) is 79.7 cm³/mol. The van der Waals surface area contributed by atoms with Crippen molar-refractivity contribution in [2.45, 2.75) is 26.2 Å². The van der Waals surface area contributed by atoms with E-state index in [9.17, 15) is 0 Å². The van der Waals surface area contributed by atoms with E-state index in [1.54, 1.807) is 0 Å². The van der Waals surface area contributed by atoms with Crippen LogP contribution >= 0.6 is 0 Å². The second kappa shape index (κ2) is 6.70. The summed E-state index contributed by atoms with van der Waals surface area (Å²) >= 11 is 0. The largest absolute Gasteiger partial charge is 0.373 e. The van der Waals surface area contributed by atoms with Gasteiger partial charge in [0.2, 0.25) is 0 Å². The van der Waals surface area contributed by atoms with Gasteiger partial charge in [0.05, 0.1) is 0 Å². The van der Waals surface area contributed by atoms with Crippen LogP contribution in [0.15, 0.2) is 6.07 Å². The summed E-state index contributed by atoms with van der Waals surface area (Å²) in [6, 6.07) is 1.98. The number of piperidine rings is 1. The Morgan fingerprint density at radius 3 is 2.58 bits per heavy atom. The molecular formula is C14H25N5. The molecule has 1 aliphatic heterocycles. The molecule has 2 heterocycles. The molecule has 5 heteroatoms. The zero-order valence-corrected chi connectivity index (χ0v) is 12.2. The molecule has 0 spiro atoms. The summed E-state index contributed by atoms with van der Waals surface area (Å²) in [6.45, 7) is 5.50. The number of hydrogen-bond acceptors (Lipinski definition) is 5. The van der Waals surface area contributed by atoms with Gasteiger partial charge in [-0.05, 0) is 38.9 Å².